The molecule has 0 radical (unpaired) electrons. The first-order chi connectivity index (χ1) is 7.99. The summed E-state index contributed by atoms with van der Waals surface area (Å²) in [6.07, 6.45) is -0.108. The van der Waals surface area contributed by atoms with E-state index in [1.807, 2.05) is 0 Å². The number of ether oxygens (including phenoxy) is 1. The van der Waals surface area contributed by atoms with Gasteiger partial charge < -0.3 is 15.2 Å². The van der Waals surface area contributed by atoms with Crippen molar-refractivity contribution in [2.24, 2.45) is 0 Å². The molecule has 1 aromatic rings. The zero-order valence-corrected chi connectivity index (χ0v) is 9.19. The number of carbonyl (C=O) groups is 1. The van der Waals surface area contributed by atoms with E-state index in [0.29, 0.717) is 5.69 Å². The van der Waals surface area contributed by atoms with E-state index in [0.717, 1.165) is 0 Å². The number of halogens is 2. The van der Waals surface area contributed by atoms with E-state index in [2.05, 4.69) is 10.1 Å². The molecule has 0 aliphatic heterocycles. The van der Waals surface area contributed by atoms with Crippen LogP contribution in [-0.4, -0.2) is 23.7 Å². The molecule has 0 aromatic heterocycles. The van der Waals surface area contributed by atoms with Gasteiger partial charge in [-0.15, -0.1) is 0 Å². The third-order valence-corrected chi connectivity index (χ3v) is 1.99. The Kier molecular flexibility index (Phi) is 4.68. The summed E-state index contributed by atoms with van der Waals surface area (Å²) in [5, 5.41) is 11.4. The SMILES string of the molecule is CC(CC(=O)O)Nc1ccccc1OC(F)F. The first-order valence-electron chi connectivity index (χ1n) is 5.01. The Labute approximate surface area is 97.2 Å². The van der Waals surface area contributed by atoms with Crippen LogP contribution in [0.2, 0.25) is 0 Å². The molecule has 94 valence electrons. The minimum Gasteiger partial charge on any atom is -0.481 e. The molecule has 1 rings (SSSR count). The van der Waals surface area contributed by atoms with Gasteiger partial charge in [0.2, 0.25) is 0 Å². The lowest BCUT2D eigenvalue weighted by Crippen LogP contribution is -2.20. The molecule has 2 N–H and O–H groups in total. The predicted octanol–water partition coefficient (Wildman–Crippen LogP) is 2.56. The number of aliphatic carboxylic acids is 1. The Morgan fingerprint density at radius 2 is 2.12 bits per heavy atom. The summed E-state index contributed by atoms with van der Waals surface area (Å²) in [4.78, 5) is 10.5. The van der Waals surface area contributed by atoms with Crippen LogP contribution in [0.25, 0.3) is 0 Å². The second-order valence-electron chi connectivity index (χ2n) is 3.52. The monoisotopic (exact) mass is 245 g/mol. The fourth-order valence-corrected chi connectivity index (χ4v) is 1.36. The fourth-order valence-electron chi connectivity index (χ4n) is 1.36. The quantitative estimate of drug-likeness (QED) is 0.808. The van der Waals surface area contributed by atoms with Crippen molar-refractivity contribution in [2.45, 2.75) is 26.0 Å². The number of nitrogens with one attached hydrogen (secondary N) is 1. The van der Waals surface area contributed by atoms with Gasteiger partial charge in [0, 0.05) is 6.04 Å². The normalized spacial score (nSPS) is 12.2. The molecule has 1 aromatic carbocycles. The van der Waals surface area contributed by atoms with Gasteiger partial charge in [-0.1, -0.05) is 12.1 Å². The Hall–Kier alpha value is -1.85. The Morgan fingerprint density at radius 1 is 1.47 bits per heavy atom. The number of carboxylic acid groups (broad SMARTS) is 1. The summed E-state index contributed by atoms with van der Waals surface area (Å²) in [7, 11) is 0. The topological polar surface area (TPSA) is 58.6 Å². The Bertz CT molecular complexity index is 385. The summed E-state index contributed by atoms with van der Waals surface area (Å²) in [5.74, 6) is -0.961. The zero-order valence-electron chi connectivity index (χ0n) is 9.19. The molecule has 6 heteroatoms. The van der Waals surface area contributed by atoms with E-state index in [-0.39, 0.29) is 18.2 Å². The largest absolute Gasteiger partial charge is 0.481 e. The van der Waals surface area contributed by atoms with Crippen molar-refractivity contribution in [1.82, 2.24) is 0 Å². The van der Waals surface area contributed by atoms with Crippen molar-refractivity contribution in [1.29, 1.82) is 0 Å². The Balaban J connectivity index is 2.72. The van der Waals surface area contributed by atoms with Gasteiger partial charge in [-0.05, 0) is 19.1 Å². The highest BCUT2D eigenvalue weighted by atomic mass is 19.3. The van der Waals surface area contributed by atoms with Crippen LogP contribution < -0.4 is 10.1 Å². The first-order valence-corrected chi connectivity index (χ1v) is 5.01. The molecule has 0 fully saturated rings. The molecule has 0 bridgehead atoms. The van der Waals surface area contributed by atoms with Gasteiger partial charge in [-0.25, -0.2) is 0 Å². The third kappa shape index (κ3) is 4.67. The molecule has 0 amide bonds. The number of carboxylic acids is 1. The summed E-state index contributed by atoms with van der Waals surface area (Å²) < 4.78 is 28.5. The number of para-hydroxylation sites is 2. The van der Waals surface area contributed by atoms with E-state index in [4.69, 9.17) is 5.11 Å². The second-order valence-corrected chi connectivity index (χ2v) is 3.52. The van der Waals surface area contributed by atoms with Gasteiger partial charge in [0.1, 0.15) is 5.75 Å². The van der Waals surface area contributed by atoms with Crippen LogP contribution >= 0.6 is 0 Å². The standard InChI is InChI=1S/C11H13F2NO3/c1-7(6-10(15)16)14-8-4-2-3-5-9(8)17-11(12)13/h2-5,7,11,14H,6H2,1H3,(H,15,16). The maximum absolute atomic E-state index is 12.1. The highest BCUT2D eigenvalue weighted by Crippen LogP contribution is 2.26. The maximum atomic E-state index is 12.1. The van der Waals surface area contributed by atoms with Gasteiger partial charge in [0.25, 0.3) is 0 Å². The van der Waals surface area contributed by atoms with Crippen molar-refractivity contribution in [2.75, 3.05) is 5.32 Å². The molecule has 0 saturated heterocycles. The number of rotatable bonds is 6. The molecule has 4 nitrogen and oxygen atoms in total. The molecule has 0 aliphatic carbocycles. The first kappa shape index (κ1) is 13.2. The van der Waals surface area contributed by atoms with Crippen LogP contribution in [0.4, 0.5) is 14.5 Å². The molecule has 0 spiro atoms. The lowest BCUT2D eigenvalue weighted by atomic mass is 10.2. The average molecular weight is 245 g/mol. The van der Waals surface area contributed by atoms with Crippen LogP contribution in [0.1, 0.15) is 13.3 Å². The van der Waals surface area contributed by atoms with E-state index >= 15 is 0 Å². The molecule has 1 unspecified atom stereocenters. The minimum absolute atomic E-state index is 0.000242. The summed E-state index contributed by atoms with van der Waals surface area (Å²) >= 11 is 0. The number of anilines is 1. The number of hydrogen-bond donors (Lipinski definition) is 2. The van der Waals surface area contributed by atoms with Gasteiger partial charge in [0.15, 0.2) is 0 Å². The maximum Gasteiger partial charge on any atom is 0.387 e. The van der Waals surface area contributed by atoms with Crippen molar-refractivity contribution in [3.8, 4) is 5.75 Å². The zero-order chi connectivity index (χ0) is 12.8. The minimum atomic E-state index is -2.91. The molecular formula is C11H13F2NO3. The smallest absolute Gasteiger partial charge is 0.387 e. The summed E-state index contributed by atoms with van der Waals surface area (Å²) in [6, 6.07) is 5.77. The average Bonchev–Trinajstić information content (AvgIpc) is 2.18. The third-order valence-electron chi connectivity index (χ3n) is 1.99. The van der Waals surface area contributed by atoms with Crippen LogP contribution in [-0.2, 0) is 4.79 Å². The van der Waals surface area contributed by atoms with Crippen molar-refractivity contribution < 1.29 is 23.4 Å². The fraction of sp³-hybridized carbons (Fsp3) is 0.364. The highest BCUT2D eigenvalue weighted by Gasteiger charge is 2.12. The van der Waals surface area contributed by atoms with E-state index in [9.17, 15) is 13.6 Å². The van der Waals surface area contributed by atoms with Crippen molar-refractivity contribution in [3.63, 3.8) is 0 Å². The highest BCUT2D eigenvalue weighted by molar-refractivity contribution is 5.68. The summed E-state index contributed by atoms with van der Waals surface area (Å²) in [5.41, 5.74) is 0.349. The number of benzene rings is 1. The predicted molar refractivity (Wildman–Crippen MR) is 58.4 cm³/mol. The van der Waals surface area contributed by atoms with Crippen molar-refractivity contribution >= 4 is 11.7 Å². The lowest BCUT2D eigenvalue weighted by molar-refractivity contribution is -0.137. The molecule has 17 heavy (non-hydrogen) atoms. The van der Waals surface area contributed by atoms with Gasteiger partial charge in [-0.3, -0.25) is 4.79 Å². The van der Waals surface area contributed by atoms with Crippen LogP contribution in [0.5, 0.6) is 5.75 Å². The molecule has 0 heterocycles. The number of alkyl halides is 2. The summed E-state index contributed by atoms with van der Waals surface area (Å²) in [6.45, 7) is -1.26. The Morgan fingerprint density at radius 3 is 2.71 bits per heavy atom. The van der Waals surface area contributed by atoms with Crippen LogP contribution in [0.3, 0.4) is 0 Å². The van der Waals surface area contributed by atoms with Crippen molar-refractivity contribution in [3.05, 3.63) is 24.3 Å². The van der Waals surface area contributed by atoms with Crippen LogP contribution in [0.15, 0.2) is 24.3 Å². The molecule has 1 atom stereocenters. The van der Waals surface area contributed by atoms with Crippen LogP contribution in [0, 0.1) is 0 Å². The lowest BCUT2D eigenvalue weighted by Gasteiger charge is -2.16. The molecule has 0 saturated carbocycles. The van der Waals surface area contributed by atoms with Gasteiger partial charge in [0.05, 0.1) is 12.1 Å². The second kappa shape index (κ2) is 6.03. The molecule has 0 aliphatic rings. The van der Waals surface area contributed by atoms with Gasteiger partial charge in [-0.2, -0.15) is 8.78 Å². The van der Waals surface area contributed by atoms with Gasteiger partial charge >= 0.3 is 12.6 Å². The van der Waals surface area contributed by atoms with E-state index in [1.165, 1.54) is 6.07 Å². The van der Waals surface area contributed by atoms with E-state index < -0.39 is 12.6 Å². The molecular weight excluding hydrogens is 232 g/mol. The number of hydrogen-bond acceptors (Lipinski definition) is 3. The van der Waals surface area contributed by atoms with E-state index in [1.54, 1.807) is 25.1 Å².